The van der Waals surface area contributed by atoms with Crippen LogP contribution in [0, 0.1) is 0 Å². The average Bonchev–Trinajstić information content (AvgIpc) is 2.07. The van der Waals surface area contributed by atoms with Gasteiger partial charge in [-0.2, -0.15) is 0 Å². The Kier molecular flexibility index (Phi) is 3.67. The molecule has 1 rings (SSSR count). The molecule has 1 fully saturated rings. The minimum atomic E-state index is -1.77. The van der Waals surface area contributed by atoms with Crippen molar-refractivity contribution in [3.63, 3.8) is 0 Å². The van der Waals surface area contributed by atoms with Crippen molar-refractivity contribution < 1.29 is 19.5 Å². The number of hydrogen-bond donors (Lipinski definition) is 2. The van der Waals surface area contributed by atoms with Crippen LogP contribution >= 0.6 is 0 Å². The largest absolute Gasteiger partial charge is 0.634 e. The molecule has 13 heavy (non-hydrogen) atoms. The Balaban J connectivity index is 2.25. The van der Waals surface area contributed by atoms with Gasteiger partial charge in [0, 0.05) is 20.1 Å². The van der Waals surface area contributed by atoms with Gasteiger partial charge in [0.1, 0.15) is 0 Å². The predicted molar refractivity (Wildman–Crippen MR) is 45.4 cm³/mol. The number of nitrogens with zero attached hydrogens (tertiary/aromatic N) is 2. The second kappa shape index (κ2) is 4.57. The molecule has 0 saturated carbocycles. The fourth-order valence-corrected chi connectivity index (χ4v) is 1.09. The summed E-state index contributed by atoms with van der Waals surface area (Å²) in [5, 5.41) is 16.8. The van der Waals surface area contributed by atoms with Gasteiger partial charge in [-0.1, -0.05) is 0 Å². The fraction of sp³-hybridized carbons (Fsp3) is 0.833. The second-order valence-corrected chi connectivity index (χ2v) is 2.99. The van der Waals surface area contributed by atoms with Gasteiger partial charge in [-0.3, -0.25) is 9.69 Å². The van der Waals surface area contributed by atoms with Gasteiger partial charge >= 0.3 is 7.32 Å². The topological polar surface area (TPSA) is 73.2 Å². The summed E-state index contributed by atoms with van der Waals surface area (Å²) in [4.78, 5) is 14.5. The van der Waals surface area contributed by atoms with E-state index in [2.05, 4.69) is 4.65 Å². The van der Waals surface area contributed by atoms with E-state index in [4.69, 9.17) is 10.0 Å². The summed E-state index contributed by atoms with van der Waals surface area (Å²) in [5.74, 6) is 0.0160. The highest BCUT2D eigenvalue weighted by Crippen LogP contribution is 2.00. The van der Waals surface area contributed by atoms with Crippen LogP contribution in [0.25, 0.3) is 0 Å². The molecule has 0 aliphatic carbocycles. The molecule has 0 atom stereocenters. The van der Waals surface area contributed by atoms with Crippen molar-refractivity contribution in [3.8, 4) is 0 Å². The molecule has 74 valence electrons. The summed E-state index contributed by atoms with van der Waals surface area (Å²) in [7, 11) is -0.0312. The van der Waals surface area contributed by atoms with E-state index in [-0.39, 0.29) is 19.2 Å². The summed E-state index contributed by atoms with van der Waals surface area (Å²) >= 11 is 0. The van der Waals surface area contributed by atoms with Crippen molar-refractivity contribution in [2.45, 2.75) is 0 Å². The Morgan fingerprint density at radius 2 is 2.23 bits per heavy atom. The molecule has 0 unspecified atom stereocenters. The summed E-state index contributed by atoms with van der Waals surface area (Å²) in [5.41, 5.74) is 0. The van der Waals surface area contributed by atoms with Gasteiger partial charge in [0.25, 0.3) is 0 Å². The normalized spacial score (nSPS) is 19.3. The standard InChI is InChI=1S/C6H13BN2O4/c1-8-2-3-9(4-6(8)10)5-13-7(11)12/h11-12H,2-5H2,1H3. The van der Waals surface area contributed by atoms with E-state index in [0.717, 1.165) is 0 Å². The fourth-order valence-electron chi connectivity index (χ4n) is 1.09. The Hall–Kier alpha value is -0.625. The predicted octanol–water partition coefficient (Wildman–Crippen LogP) is -2.30. The molecule has 1 saturated heterocycles. The van der Waals surface area contributed by atoms with Gasteiger partial charge in [0.15, 0.2) is 0 Å². The number of amides is 1. The molecule has 0 radical (unpaired) electrons. The van der Waals surface area contributed by atoms with E-state index < -0.39 is 7.32 Å². The van der Waals surface area contributed by atoms with Crippen molar-refractivity contribution in [2.75, 3.05) is 33.4 Å². The van der Waals surface area contributed by atoms with E-state index in [1.807, 2.05) is 0 Å². The van der Waals surface area contributed by atoms with Gasteiger partial charge in [-0.05, 0) is 0 Å². The van der Waals surface area contributed by atoms with Crippen LogP contribution in [0.3, 0.4) is 0 Å². The molecule has 0 aromatic carbocycles. The first-order valence-corrected chi connectivity index (χ1v) is 4.03. The highest BCUT2D eigenvalue weighted by atomic mass is 16.6. The zero-order chi connectivity index (χ0) is 9.84. The van der Waals surface area contributed by atoms with E-state index in [0.29, 0.717) is 13.1 Å². The molecule has 1 aliphatic heterocycles. The summed E-state index contributed by atoms with van der Waals surface area (Å²) < 4.78 is 4.53. The Bertz CT molecular complexity index is 189. The molecule has 0 aromatic heterocycles. The maximum Gasteiger partial charge on any atom is 0.634 e. The first-order valence-electron chi connectivity index (χ1n) is 4.03. The van der Waals surface area contributed by atoms with Crippen LogP contribution in [0.1, 0.15) is 0 Å². The van der Waals surface area contributed by atoms with Crippen molar-refractivity contribution in [1.29, 1.82) is 0 Å². The quantitative estimate of drug-likeness (QED) is 0.487. The first-order chi connectivity index (χ1) is 6.09. The lowest BCUT2D eigenvalue weighted by Gasteiger charge is -2.31. The molecule has 0 bridgehead atoms. The molecular formula is C6H13BN2O4. The molecule has 2 N–H and O–H groups in total. The molecule has 1 amide bonds. The van der Waals surface area contributed by atoms with E-state index >= 15 is 0 Å². The third-order valence-electron chi connectivity index (χ3n) is 1.94. The van der Waals surface area contributed by atoms with E-state index in [1.54, 1.807) is 16.8 Å². The third kappa shape index (κ3) is 3.31. The number of hydrogen-bond acceptors (Lipinski definition) is 5. The molecular weight excluding hydrogens is 175 g/mol. The zero-order valence-electron chi connectivity index (χ0n) is 7.51. The first kappa shape index (κ1) is 10.5. The monoisotopic (exact) mass is 188 g/mol. The second-order valence-electron chi connectivity index (χ2n) is 2.99. The summed E-state index contributed by atoms with van der Waals surface area (Å²) in [6, 6.07) is 0. The molecule has 1 aliphatic rings. The van der Waals surface area contributed by atoms with Crippen molar-refractivity contribution in [3.05, 3.63) is 0 Å². The van der Waals surface area contributed by atoms with Gasteiger partial charge in [0.05, 0.1) is 13.3 Å². The van der Waals surface area contributed by atoms with Crippen LogP contribution in [0.4, 0.5) is 0 Å². The molecule has 7 heteroatoms. The lowest BCUT2D eigenvalue weighted by atomic mass is 10.3. The van der Waals surface area contributed by atoms with Crippen LogP contribution in [0.15, 0.2) is 0 Å². The van der Waals surface area contributed by atoms with Crippen LogP contribution in [-0.4, -0.2) is 66.5 Å². The number of piperazine rings is 1. The minimum absolute atomic E-state index is 0.0160. The van der Waals surface area contributed by atoms with Crippen molar-refractivity contribution in [2.24, 2.45) is 0 Å². The number of rotatable bonds is 3. The lowest BCUT2D eigenvalue weighted by Crippen LogP contribution is -2.49. The van der Waals surface area contributed by atoms with Crippen LogP contribution in [-0.2, 0) is 9.45 Å². The smallest absolute Gasteiger partial charge is 0.402 e. The molecule has 0 aromatic rings. The van der Waals surface area contributed by atoms with Crippen LogP contribution < -0.4 is 0 Å². The molecule has 6 nitrogen and oxygen atoms in total. The maximum atomic E-state index is 11.2. The highest BCUT2D eigenvalue weighted by molar-refractivity contribution is 6.32. The Labute approximate surface area is 76.9 Å². The van der Waals surface area contributed by atoms with Gasteiger partial charge in [-0.25, -0.2) is 0 Å². The SMILES string of the molecule is CN1CCN(COB(O)O)CC1=O. The van der Waals surface area contributed by atoms with Crippen molar-refractivity contribution >= 4 is 13.2 Å². The number of likely N-dealkylation sites (N-methyl/N-ethyl adjacent to an activating group) is 1. The summed E-state index contributed by atoms with van der Waals surface area (Å²) in [6.07, 6.45) is 0. The van der Waals surface area contributed by atoms with E-state index in [1.165, 1.54) is 0 Å². The van der Waals surface area contributed by atoms with Gasteiger partial charge < -0.3 is 19.6 Å². The summed E-state index contributed by atoms with van der Waals surface area (Å²) in [6.45, 7) is 1.67. The molecule has 0 spiro atoms. The van der Waals surface area contributed by atoms with Crippen LogP contribution in [0.2, 0.25) is 0 Å². The maximum absolute atomic E-state index is 11.2. The Morgan fingerprint density at radius 3 is 2.77 bits per heavy atom. The minimum Gasteiger partial charge on any atom is -0.402 e. The van der Waals surface area contributed by atoms with Gasteiger partial charge in [-0.15, -0.1) is 0 Å². The van der Waals surface area contributed by atoms with Crippen molar-refractivity contribution in [1.82, 2.24) is 9.80 Å². The number of carbonyl (C=O) groups is 1. The third-order valence-corrected chi connectivity index (χ3v) is 1.94. The van der Waals surface area contributed by atoms with Crippen LogP contribution in [0.5, 0.6) is 0 Å². The zero-order valence-corrected chi connectivity index (χ0v) is 7.51. The number of carbonyl (C=O) groups excluding carboxylic acids is 1. The Morgan fingerprint density at radius 1 is 1.54 bits per heavy atom. The molecule has 1 heterocycles. The van der Waals surface area contributed by atoms with E-state index in [9.17, 15) is 4.79 Å². The van der Waals surface area contributed by atoms with Gasteiger partial charge in [0.2, 0.25) is 5.91 Å². The highest BCUT2D eigenvalue weighted by Gasteiger charge is 2.21. The average molecular weight is 188 g/mol. The lowest BCUT2D eigenvalue weighted by molar-refractivity contribution is -0.136.